The van der Waals surface area contributed by atoms with Crippen molar-refractivity contribution in [2.24, 2.45) is 0 Å². The largest absolute Gasteiger partial charge is 1.00 e. The van der Waals surface area contributed by atoms with E-state index < -0.39 is 7.26 Å². The van der Waals surface area contributed by atoms with Crippen LogP contribution in [-0.4, -0.2) is 50.2 Å². The lowest BCUT2D eigenvalue weighted by molar-refractivity contribution is -0.00000398. The molecule has 1 nitrogen and oxygen atoms in total. The van der Waals surface area contributed by atoms with Gasteiger partial charge in [-0.25, -0.2) is 0 Å². The molecule has 0 aromatic rings. The van der Waals surface area contributed by atoms with Crippen LogP contribution in [0.1, 0.15) is 39.5 Å². The van der Waals surface area contributed by atoms with Crippen molar-refractivity contribution in [1.29, 1.82) is 0 Å². The lowest BCUT2D eigenvalue weighted by Gasteiger charge is -2.28. The summed E-state index contributed by atoms with van der Waals surface area (Å²) in [5, 5.41) is 0. The van der Waals surface area contributed by atoms with Gasteiger partial charge in [-0.1, -0.05) is 39.3 Å². The van der Waals surface area contributed by atoms with E-state index >= 15 is 0 Å². The van der Waals surface area contributed by atoms with Gasteiger partial charge in [0.15, 0.2) is 0 Å². The average molecular weight is 338 g/mol. The summed E-state index contributed by atoms with van der Waals surface area (Å²) in [5.74, 6) is 0. The molecule has 0 atom stereocenters. The number of nitrogens with zero attached hydrogens (tertiary/aromatic N) is 1. The van der Waals surface area contributed by atoms with E-state index in [1.807, 2.05) is 0 Å². The van der Waals surface area contributed by atoms with Crippen LogP contribution in [0.5, 0.6) is 0 Å². The highest BCUT2D eigenvalue weighted by Crippen LogP contribution is 2.59. The van der Waals surface area contributed by atoms with Gasteiger partial charge >= 0.3 is 0 Å². The normalized spacial score (nSPS) is 11.4. The van der Waals surface area contributed by atoms with Crippen LogP contribution in [-0.2, 0) is 0 Å². The molecule has 0 saturated heterocycles. The van der Waals surface area contributed by atoms with Crippen molar-refractivity contribution in [3.05, 3.63) is 12.7 Å². The van der Waals surface area contributed by atoms with E-state index in [0.29, 0.717) is 0 Å². The van der Waals surface area contributed by atoms with Crippen molar-refractivity contribution in [3.63, 3.8) is 0 Å². The summed E-state index contributed by atoms with van der Waals surface area (Å²) in [7, 11) is 3.65. The summed E-state index contributed by atoms with van der Waals surface area (Å²) in [6.45, 7) is 9.89. The lowest BCUT2D eigenvalue weighted by atomic mass is 10.4. The fraction of sp³-hybridized carbons (Fsp3) is 0.867. The molecule has 0 rings (SSSR count). The number of hydrogen-bond acceptors (Lipinski definition) is 1. The van der Waals surface area contributed by atoms with E-state index in [1.54, 1.807) is 0 Å². The molecule has 0 bridgehead atoms. The second-order valence-electron chi connectivity index (χ2n) is 5.49. The first-order valence-electron chi connectivity index (χ1n) is 7.21. The van der Waals surface area contributed by atoms with Gasteiger partial charge in [-0.05, 0) is 26.9 Å². The number of halogens is 1. The van der Waals surface area contributed by atoms with Gasteiger partial charge in [0.05, 0.1) is 24.6 Å². The van der Waals surface area contributed by atoms with Gasteiger partial charge in [-0.15, -0.1) is 0 Å². The molecule has 0 unspecified atom stereocenters. The van der Waals surface area contributed by atoms with E-state index in [-0.39, 0.29) is 17.0 Å². The quantitative estimate of drug-likeness (QED) is 0.406. The third-order valence-electron chi connectivity index (χ3n) is 3.51. The van der Waals surface area contributed by atoms with Crippen molar-refractivity contribution in [1.82, 2.24) is 4.90 Å². The molecule has 0 radical (unpaired) electrons. The summed E-state index contributed by atoms with van der Waals surface area (Å²) >= 11 is 0. The molecule has 110 valence electrons. The maximum absolute atomic E-state index is 4.00. The van der Waals surface area contributed by atoms with Crippen LogP contribution < -0.4 is 17.0 Å². The zero-order chi connectivity index (χ0) is 13.1. The minimum absolute atomic E-state index is 0. The Morgan fingerprint density at radius 2 is 1.50 bits per heavy atom. The first-order valence-corrected chi connectivity index (χ1v) is 9.74. The molecule has 0 N–H and O–H groups in total. The SMILES string of the molecule is C=CC[P+](CCCC)(CCCC)CCN(C)C.[Br-]. The minimum atomic E-state index is -0.743. The molecule has 3 heteroatoms. The minimum Gasteiger partial charge on any atom is -1.00 e. The summed E-state index contributed by atoms with van der Waals surface area (Å²) in [6.07, 6.45) is 13.4. The standard InChI is InChI=1S/C15H33NP.BrH/c1-6-9-13-17(12-8-3,14-10-7-2)15-11-16(4)5;/h8H,3,6-7,9-15H2,1-2,4-5H3;1H/q+1;/p-1. The van der Waals surface area contributed by atoms with Gasteiger partial charge in [0.2, 0.25) is 0 Å². The Hall–Kier alpha value is 0.610. The molecule has 0 aromatic carbocycles. The predicted molar refractivity (Wildman–Crippen MR) is 85.0 cm³/mol. The molecule has 0 spiro atoms. The van der Waals surface area contributed by atoms with Gasteiger partial charge in [-0.3, -0.25) is 0 Å². The zero-order valence-electron chi connectivity index (χ0n) is 12.9. The third-order valence-corrected chi connectivity index (χ3v) is 8.22. The molecule has 0 aliphatic carbocycles. The third kappa shape index (κ3) is 9.53. The van der Waals surface area contributed by atoms with Gasteiger partial charge in [-0.2, -0.15) is 0 Å². The van der Waals surface area contributed by atoms with E-state index in [0.717, 1.165) is 0 Å². The zero-order valence-corrected chi connectivity index (χ0v) is 15.4. The van der Waals surface area contributed by atoms with Gasteiger partial charge < -0.3 is 21.9 Å². The molecule has 0 heterocycles. The summed E-state index contributed by atoms with van der Waals surface area (Å²) in [6, 6.07) is 0. The topological polar surface area (TPSA) is 3.24 Å². The number of allylic oxidation sites excluding steroid dienone is 1. The Morgan fingerprint density at radius 1 is 1.00 bits per heavy atom. The molecule has 0 saturated carbocycles. The summed E-state index contributed by atoms with van der Waals surface area (Å²) < 4.78 is 0. The van der Waals surface area contributed by atoms with E-state index in [1.165, 1.54) is 56.9 Å². The van der Waals surface area contributed by atoms with Crippen LogP contribution in [0, 0.1) is 0 Å². The summed E-state index contributed by atoms with van der Waals surface area (Å²) in [4.78, 5) is 2.34. The smallest absolute Gasteiger partial charge is 0.0771 e. The first-order chi connectivity index (χ1) is 8.10. The Morgan fingerprint density at radius 3 is 1.83 bits per heavy atom. The Balaban J connectivity index is 0. The fourth-order valence-corrected chi connectivity index (χ4v) is 6.85. The Labute approximate surface area is 127 Å². The van der Waals surface area contributed by atoms with E-state index in [9.17, 15) is 0 Å². The van der Waals surface area contributed by atoms with Crippen molar-refractivity contribution in [3.8, 4) is 0 Å². The number of unbranched alkanes of at least 4 members (excludes halogenated alkanes) is 2. The van der Waals surface area contributed by atoms with Crippen molar-refractivity contribution >= 4 is 7.26 Å². The Kier molecular flexibility index (Phi) is 14.7. The van der Waals surface area contributed by atoms with Crippen LogP contribution in [0.4, 0.5) is 0 Å². The molecule has 0 amide bonds. The van der Waals surface area contributed by atoms with Gasteiger partial charge in [0.25, 0.3) is 0 Å². The van der Waals surface area contributed by atoms with Crippen LogP contribution in [0.25, 0.3) is 0 Å². The molecular weight excluding hydrogens is 305 g/mol. The van der Waals surface area contributed by atoms with Crippen molar-refractivity contribution in [2.75, 3.05) is 45.3 Å². The van der Waals surface area contributed by atoms with E-state index in [4.69, 9.17) is 0 Å². The second kappa shape index (κ2) is 12.6. The first kappa shape index (κ1) is 20.9. The van der Waals surface area contributed by atoms with Crippen molar-refractivity contribution in [2.45, 2.75) is 39.5 Å². The van der Waals surface area contributed by atoms with E-state index in [2.05, 4.69) is 45.5 Å². The fourth-order valence-electron chi connectivity index (χ4n) is 2.28. The van der Waals surface area contributed by atoms with Crippen LogP contribution >= 0.6 is 7.26 Å². The van der Waals surface area contributed by atoms with Gasteiger partial charge in [0, 0.05) is 13.8 Å². The van der Waals surface area contributed by atoms with Crippen LogP contribution in [0.15, 0.2) is 12.7 Å². The van der Waals surface area contributed by atoms with Gasteiger partial charge in [0.1, 0.15) is 0 Å². The number of hydrogen-bond donors (Lipinski definition) is 0. The molecular formula is C15H33BrNP. The second-order valence-corrected chi connectivity index (χ2v) is 9.88. The summed E-state index contributed by atoms with van der Waals surface area (Å²) in [5.41, 5.74) is 0. The molecule has 18 heavy (non-hydrogen) atoms. The highest BCUT2D eigenvalue weighted by Gasteiger charge is 2.34. The van der Waals surface area contributed by atoms with Crippen LogP contribution in [0.2, 0.25) is 0 Å². The predicted octanol–water partition coefficient (Wildman–Crippen LogP) is 1.36. The number of rotatable bonds is 11. The Bertz CT molecular complexity index is 187. The highest BCUT2D eigenvalue weighted by atomic mass is 79.9. The molecule has 0 aliphatic rings. The maximum atomic E-state index is 4.00. The average Bonchev–Trinajstić information content (AvgIpc) is 2.31. The highest BCUT2D eigenvalue weighted by molar-refractivity contribution is 7.76. The maximum Gasteiger partial charge on any atom is 0.0771 e. The monoisotopic (exact) mass is 337 g/mol. The molecule has 0 aliphatic heterocycles. The molecule has 0 fully saturated rings. The van der Waals surface area contributed by atoms with Crippen LogP contribution in [0.3, 0.4) is 0 Å². The van der Waals surface area contributed by atoms with Crippen molar-refractivity contribution < 1.29 is 17.0 Å². The lowest BCUT2D eigenvalue weighted by Crippen LogP contribution is -3.00. The molecule has 0 aromatic heterocycles.